The molecule has 0 radical (unpaired) electrons. The van der Waals surface area contributed by atoms with Gasteiger partial charge in [0, 0.05) is 38.6 Å². The van der Waals surface area contributed by atoms with E-state index in [-0.39, 0.29) is 18.1 Å². The van der Waals surface area contributed by atoms with Crippen LogP contribution < -0.4 is 5.32 Å². The predicted octanol–water partition coefficient (Wildman–Crippen LogP) is 2.02. The minimum atomic E-state index is -0.212. The van der Waals surface area contributed by atoms with Crippen LogP contribution in [0, 0.1) is 0 Å². The van der Waals surface area contributed by atoms with Crippen LogP contribution in [0.3, 0.4) is 0 Å². The number of nitrogens with zero attached hydrogens (tertiary/aromatic N) is 3. The normalized spacial score (nSPS) is 21.0. The van der Waals surface area contributed by atoms with Crippen molar-refractivity contribution in [2.45, 2.75) is 39.1 Å². The molecule has 1 N–H and O–H groups in total. The highest BCUT2D eigenvalue weighted by Gasteiger charge is 2.22. The number of amides is 1. The first-order chi connectivity index (χ1) is 12.1. The summed E-state index contributed by atoms with van der Waals surface area (Å²) in [6.45, 7) is 7.39. The number of nitrogens with one attached hydrogen (secondary N) is 1. The number of carbonyl (C=O) groups excluding carboxylic acids is 1. The average molecular weight is 340 g/mol. The maximum absolute atomic E-state index is 12.2. The van der Waals surface area contributed by atoms with Crippen molar-refractivity contribution in [3.8, 4) is 0 Å². The molecule has 1 aliphatic rings. The number of carbonyl (C=O) groups is 1. The second kappa shape index (κ2) is 8.18. The van der Waals surface area contributed by atoms with Crippen molar-refractivity contribution in [1.29, 1.82) is 0 Å². The first kappa shape index (κ1) is 17.5. The van der Waals surface area contributed by atoms with Gasteiger partial charge in [0.2, 0.25) is 0 Å². The third-order valence-electron chi connectivity index (χ3n) is 4.24. The van der Waals surface area contributed by atoms with Gasteiger partial charge in [0.15, 0.2) is 0 Å². The second-order valence-corrected chi connectivity index (χ2v) is 6.49. The molecule has 132 valence electrons. The molecule has 6 heteroatoms. The molecule has 25 heavy (non-hydrogen) atoms. The van der Waals surface area contributed by atoms with E-state index in [1.54, 1.807) is 6.20 Å². The van der Waals surface area contributed by atoms with Gasteiger partial charge in [-0.15, -0.1) is 0 Å². The Hall–Kier alpha value is -2.31. The molecule has 2 heterocycles. The number of rotatable bonds is 5. The molecule has 1 aromatic heterocycles. The molecule has 1 amide bonds. The molecule has 1 fully saturated rings. The van der Waals surface area contributed by atoms with E-state index in [1.165, 1.54) is 18.0 Å². The topological polar surface area (TPSA) is 67.4 Å². The number of aromatic nitrogens is 2. The Morgan fingerprint density at radius 2 is 1.92 bits per heavy atom. The van der Waals surface area contributed by atoms with Crippen molar-refractivity contribution in [1.82, 2.24) is 20.2 Å². The van der Waals surface area contributed by atoms with Gasteiger partial charge in [-0.25, -0.2) is 4.98 Å². The van der Waals surface area contributed by atoms with Crippen LogP contribution in [0.15, 0.2) is 42.9 Å². The lowest BCUT2D eigenvalue weighted by atomic mass is 10.1. The lowest BCUT2D eigenvalue weighted by Gasteiger charge is -2.35. The molecule has 2 atom stereocenters. The Morgan fingerprint density at radius 3 is 2.60 bits per heavy atom. The van der Waals surface area contributed by atoms with Crippen LogP contribution in [0.2, 0.25) is 0 Å². The maximum Gasteiger partial charge on any atom is 0.271 e. The first-order valence-electron chi connectivity index (χ1n) is 8.60. The summed E-state index contributed by atoms with van der Waals surface area (Å²) in [5.41, 5.74) is 2.67. The lowest BCUT2D eigenvalue weighted by Crippen LogP contribution is -2.45. The highest BCUT2D eigenvalue weighted by molar-refractivity contribution is 5.91. The molecule has 3 rings (SSSR count). The van der Waals surface area contributed by atoms with Crippen LogP contribution in [0.5, 0.6) is 0 Å². The summed E-state index contributed by atoms with van der Waals surface area (Å²) < 4.78 is 5.80. The summed E-state index contributed by atoms with van der Waals surface area (Å²) in [4.78, 5) is 22.5. The Morgan fingerprint density at radius 1 is 1.20 bits per heavy atom. The van der Waals surface area contributed by atoms with E-state index in [4.69, 9.17) is 4.74 Å². The van der Waals surface area contributed by atoms with Crippen molar-refractivity contribution in [2.24, 2.45) is 0 Å². The fourth-order valence-corrected chi connectivity index (χ4v) is 3.22. The molecule has 0 bridgehead atoms. The summed E-state index contributed by atoms with van der Waals surface area (Å²) in [6.07, 6.45) is 5.03. The van der Waals surface area contributed by atoms with Crippen molar-refractivity contribution in [3.05, 3.63) is 59.7 Å². The first-order valence-corrected chi connectivity index (χ1v) is 8.60. The van der Waals surface area contributed by atoms with Crippen LogP contribution in [0.25, 0.3) is 0 Å². The number of hydrogen-bond acceptors (Lipinski definition) is 5. The Balaban J connectivity index is 1.64. The van der Waals surface area contributed by atoms with E-state index in [1.807, 2.05) is 12.1 Å². The summed E-state index contributed by atoms with van der Waals surface area (Å²) in [5, 5.41) is 2.93. The Kier molecular flexibility index (Phi) is 5.73. The van der Waals surface area contributed by atoms with E-state index >= 15 is 0 Å². The van der Waals surface area contributed by atoms with E-state index in [2.05, 4.69) is 46.2 Å². The van der Waals surface area contributed by atoms with Crippen molar-refractivity contribution >= 4 is 5.91 Å². The van der Waals surface area contributed by atoms with E-state index in [0.717, 1.165) is 25.2 Å². The van der Waals surface area contributed by atoms with Gasteiger partial charge in [0.05, 0.1) is 18.4 Å². The zero-order chi connectivity index (χ0) is 17.6. The molecule has 1 aliphatic heterocycles. The standard InChI is InChI=1S/C19H24N4O2/c1-14-11-23(12-15(2)25-14)13-17-6-4-3-5-16(17)9-22-19(24)18-10-20-7-8-21-18/h3-8,10,14-15H,9,11-13H2,1-2H3,(H,22,24)/t14-,15-/m0/s1. The van der Waals surface area contributed by atoms with Crippen molar-refractivity contribution in [2.75, 3.05) is 13.1 Å². The minimum Gasteiger partial charge on any atom is -0.373 e. The molecule has 0 spiro atoms. The Bertz CT molecular complexity index is 698. The smallest absolute Gasteiger partial charge is 0.271 e. The molecular formula is C19H24N4O2. The third kappa shape index (κ3) is 4.84. The van der Waals surface area contributed by atoms with E-state index in [9.17, 15) is 4.79 Å². The van der Waals surface area contributed by atoms with Gasteiger partial charge >= 0.3 is 0 Å². The quantitative estimate of drug-likeness (QED) is 0.902. The molecule has 2 aromatic rings. The molecule has 0 saturated carbocycles. The number of hydrogen-bond donors (Lipinski definition) is 1. The molecular weight excluding hydrogens is 316 g/mol. The van der Waals surface area contributed by atoms with Crippen LogP contribution in [-0.2, 0) is 17.8 Å². The van der Waals surface area contributed by atoms with E-state index in [0.29, 0.717) is 12.2 Å². The van der Waals surface area contributed by atoms with Crippen LogP contribution >= 0.6 is 0 Å². The van der Waals surface area contributed by atoms with Gasteiger partial charge in [-0.1, -0.05) is 24.3 Å². The van der Waals surface area contributed by atoms with Gasteiger partial charge in [-0.05, 0) is 25.0 Å². The lowest BCUT2D eigenvalue weighted by molar-refractivity contribution is -0.0705. The summed E-state index contributed by atoms with van der Waals surface area (Å²) in [5.74, 6) is -0.212. The summed E-state index contributed by atoms with van der Waals surface area (Å²) in [6, 6.07) is 8.21. The molecule has 1 aromatic carbocycles. The predicted molar refractivity (Wildman–Crippen MR) is 94.9 cm³/mol. The van der Waals surface area contributed by atoms with Crippen molar-refractivity contribution in [3.63, 3.8) is 0 Å². The summed E-state index contributed by atoms with van der Waals surface area (Å²) in [7, 11) is 0. The van der Waals surface area contributed by atoms with Gasteiger partial charge in [0.1, 0.15) is 5.69 Å². The zero-order valence-electron chi connectivity index (χ0n) is 14.7. The van der Waals surface area contributed by atoms with E-state index < -0.39 is 0 Å². The fraction of sp³-hybridized carbons (Fsp3) is 0.421. The number of benzene rings is 1. The van der Waals surface area contributed by atoms with Crippen LogP contribution in [0.4, 0.5) is 0 Å². The van der Waals surface area contributed by atoms with Gasteiger partial charge in [-0.3, -0.25) is 14.7 Å². The van der Waals surface area contributed by atoms with Gasteiger partial charge in [0.25, 0.3) is 5.91 Å². The van der Waals surface area contributed by atoms with Gasteiger partial charge in [-0.2, -0.15) is 0 Å². The van der Waals surface area contributed by atoms with Crippen molar-refractivity contribution < 1.29 is 9.53 Å². The zero-order valence-corrected chi connectivity index (χ0v) is 14.7. The third-order valence-corrected chi connectivity index (χ3v) is 4.24. The second-order valence-electron chi connectivity index (χ2n) is 6.49. The minimum absolute atomic E-state index is 0.212. The molecule has 0 unspecified atom stereocenters. The van der Waals surface area contributed by atoms with Gasteiger partial charge < -0.3 is 10.1 Å². The molecule has 6 nitrogen and oxygen atoms in total. The SMILES string of the molecule is C[C@H]1CN(Cc2ccccc2CNC(=O)c2cnccn2)C[C@H](C)O1. The molecule has 1 saturated heterocycles. The highest BCUT2D eigenvalue weighted by Crippen LogP contribution is 2.17. The number of ether oxygens (including phenoxy) is 1. The Labute approximate surface area is 148 Å². The maximum atomic E-state index is 12.2. The highest BCUT2D eigenvalue weighted by atomic mass is 16.5. The monoisotopic (exact) mass is 340 g/mol. The largest absolute Gasteiger partial charge is 0.373 e. The van der Waals surface area contributed by atoms with Crippen LogP contribution in [-0.4, -0.2) is 46.1 Å². The van der Waals surface area contributed by atoms with Crippen LogP contribution in [0.1, 0.15) is 35.5 Å². The number of morpholine rings is 1. The molecule has 0 aliphatic carbocycles. The fourth-order valence-electron chi connectivity index (χ4n) is 3.22. The summed E-state index contributed by atoms with van der Waals surface area (Å²) >= 11 is 0. The average Bonchev–Trinajstić information content (AvgIpc) is 2.60.